The van der Waals surface area contributed by atoms with Crippen LogP contribution in [0.1, 0.15) is 38.4 Å². The summed E-state index contributed by atoms with van der Waals surface area (Å²) in [5, 5.41) is 11.3. The number of carboxylic acid groups (broad SMARTS) is 1. The fraction of sp³-hybridized carbons (Fsp3) is 0.583. The minimum atomic E-state index is -0.856. The Labute approximate surface area is 106 Å². The standard InChI is InChI=1S/C12H19N3O3/c1-9(2)15-7-13-6-11(15)5-10(14-8-16)3-4-12(17)18/h6-10H,3-5H2,1-2H3,(H,14,16)(H,17,18). The second-order valence-electron chi connectivity index (χ2n) is 4.50. The second-order valence-corrected chi connectivity index (χ2v) is 4.50. The third-order valence-electron chi connectivity index (χ3n) is 2.77. The Balaban J connectivity index is 2.66. The number of aromatic nitrogens is 2. The van der Waals surface area contributed by atoms with Gasteiger partial charge in [0.25, 0.3) is 0 Å². The molecule has 6 nitrogen and oxygen atoms in total. The highest BCUT2D eigenvalue weighted by atomic mass is 16.4. The number of imidazole rings is 1. The Bertz CT molecular complexity index is 401. The maximum atomic E-state index is 10.6. The number of aliphatic carboxylic acids is 1. The normalized spacial score (nSPS) is 12.4. The number of carbonyl (C=O) groups is 2. The average Bonchev–Trinajstić information content (AvgIpc) is 2.74. The summed E-state index contributed by atoms with van der Waals surface area (Å²) in [5.41, 5.74) is 0.995. The fourth-order valence-electron chi connectivity index (χ4n) is 1.85. The van der Waals surface area contributed by atoms with Crippen LogP contribution in [0.25, 0.3) is 0 Å². The first kappa shape index (κ1) is 14.2. The van der Waals surface area contributed by atoms with Gasteiger partial charge in [-0.25, -0.2) is 4.98 Å². The minimum absolute atomic E-state index is 0.0430. The lowest BCUT2D eigenvalue weighted by Gasteiger charge is -2.17. The van der Waals surface area contributed by atoms with Crippen molar-refractivity contribution in [2.75, 3.05) is 0 Å². The highest BCUT2D eigenvalue weighted by Gasteiger charge is 2.14. The van der Waals surface area contributed by atoms with Gasteiger partial charge in [-0.15, -0.1) is 0 Å². The van der Waals surface area contributed by atoms with Gasteiger partial charge in [-0.05, 0) is 20.3 Å². The molecule has 1 aromatic rings. The summed E-state index contributed by atoms with van der Waals surface area (Å²) in [6.45, 7) is 4.09. The van der Waals surface area contributed by atoms with E-state index in [1.54, 1.807) is 12.5 Å². The topological polar surface area (TPSA) is 84.2 Å². The molecule has 0 aliphatic carbocycles. The van der Waals surface area contributed by atoms with Crippen molar-refractivity contribution < 1.29 is 14.7 Å². The zero-order valence-corrected chi connectivity index (χ0v) is 10.7. The molecule has 0 bridgehead atoms. The summed E-state index contributed by atoms with van der Waals surface area (Å²) < 4.78 is 2.01. The Morgan fingerprint density at radius 2 is 2.33 bits per heavy atom. The van der Waals surface area contributed by atoms with Gasteiger partial charge in [0.1, 0.15) is 0 Å². The lowest BCUT2D eigenvalue weighted by Crippen LogP contribution is -2.31. The molecule has 1 unspecified atom stereocenters. The van der Waals surface area contributed by atoms with Crippen LogP contribution in [-0.2, 0) is 16.0 Å². The van der Waals surface area contributed by atoms with Crippen LogP contribution in [-0.4, -0.2) is 33.1 Å². The smallest absolute Gasteiger partial charge is 0.303 e. The number of carbonyl (C=O) groups excluding carboxylic acids is 1. The largest absolute Gasteiger partial charge is 0.481 e. The molecule has 100 valence electrons. The van der Waals surface area contributed by atoms with Crippen molar-refractivity contribution in [1.29, 1.82) is 0 Å². The van der Waals surface area contributed by atoms with E-state index in [2.05, 4.69) is 10.3 Å². The highest BCUT2D eigenvalue weighted by molar-refractivity contribution is 5.66. The molecule has 6 heteroatoms. The van der Waals surface area contributed by atoms with Gasteiger partial charge in [-0.1, -0.05) is 0 Å². The molecule has 1 heterocycles. The van der Waals surface area contributed by atoms with E-state index in [4.69, 9.17) is 5.11 Å². The first-order valence-electron chi connectivity index (χ1n) is 5.96. The third kappa shape index (κ3) is 4.20. The van der Waals surface area contributed by atoms with Gasteiger partial charge in [0.2, 0.25) is 6.41 Å². The molecule has 1 atom stereocenters. The van der Waals surface area contributed by atoms with E-state index in [1.165, 1.54) is 0 Å². The zero-order chi connectivity index (χ0) is 13.5. The summed E-state index contributed by atoms with van der Waals surface area (Å²) >= 11 is 0. The van der Waals surface area contributed by atoms with Gasteiger partial charge in [-0.2, -0.15) is 0 Å². The van der Waals surface area contributed by atoms with E-state index in [0.29, 0.717) is 25.3 Å². The molecule has 2 N–H and O–H groups in total. The lowest BCUT2D eigenvalue weighted by molar-refractivity contribution is -0.137. The van der Waals surface area contributed by atoms with E-state index < -0.39 is 5.97 Å². The maximum Gasteiger partial charge on any atom is 0.303 e. The molecule has 1 rings (SSSR count). The van der Waals surface area contributed by atoms with Crippen LogP contribution in [0, 0.1) is 0 Å². The van der Waals surface area contributed by atoms with Gasteiger partial charge in [-0.3, -0.25) is 9.59 Å². The van der Waals surface area contributed by atoms with Gasteiger partial charge >= 0.3 is 5.97 Å². The van der Waals surface area contributed by atoms with Crippen LogP contribution >= 0.6 is 0 Å². The van der Waals surface area contributed by atoms with E-state index in [9.17, 15) is 9.59 Å². The van der Waals surface area contributed by atoms with Crippen LogP contribution in [0.3, 0.4) is 0 Å². The summed E-state index contributed by atoms with van der Waals surface area (Å²) in [4.78, 5) is 25.2. The number of nitrogens with one attached hydrogen (secondary N) is 1. The summed E-state index contributed by atoms with van der Waals surface area (Å²) in [6, 6.07) is 0.117. The molecule has 0 saturated carbocycles. The Morgan fingerprint density at radius 1 is 1.61 bits per heavy atom. The molecule has 0 aromatic carbocycles. The summed E-state index contributed by atoms with van der Waals surface area (Å²) in [5.74, 6) is -0.856. The van der Waals surface area contributed by atoms with E-state index >= 15 is 0 Å². The zero-order valence-electron chi connectivity index (χ0n) is 10.7. The van der Waals surface area contributed by atoms with Gasteiger partial charge in [0.15, 0.2) is 0 Å². The van der Waals surface area contributed by atoms with Gasteiger partial charge in [0.05, 0.1) is 6.33 Å². The molecular formula is C12H19N3O3. The van der Waals surface area contributed by atoms with E-state index in [1.807, 2.05) is 18.4 Å². The SMILES string of the molecule is CC(C)n1cncc1CC(CCC(=O)O)NC=O. The Hall–Kier alpha value is -1.85. The van der Waals surface area contributed by atoms with Crippen LogP contribution < -0.4 is 5.32 Å². The third-order valence-corrected chi connectivity index (χ3v) is 2.77. The predicted molar refractivity (Wildman–Crippen MR) is 66.2 cm³/mol. The van der Waals surface area contributed by atoms with Crippen molar-refractivity contribution in [2.24, 2.45) is 0 Å². The number of carboxylic acids is 1. The van der Waals surface area contributed by atoms with Crippen molar-refractivity contribution in [2.45, 2.75) is 45.2 Å². The van der Waals surface area contributed by atoms with Gasteiger partial charge < -0.3 is 15.0 Å². The van der Waals surface area contributed by atoms with Crippen molar-refractivity contribution in [3.63, 3.8) is 0 Å². The Morgan fingerprint density at radius 3 is 2.89 bits per heavy atom. The minimum Gasteiger partial charge on any atom is -0.481 e. The lowest BCUT2D eigenvalue weighted by atomic mass is 10.1. The van der Waals surface area contributed by atoms with Crippen molar-refractivity contribution in [3.8, 4) is 0 Å². The Kier molecular flexibility index (Phi) is 5.35. The molecular weight excluding hydrogens is 234 g/mol. The van der Waals surface area contributed by atoms with E-state index in [0.717, 1.165) is 5.69 Å². The predicted octanol–water partition coefficient (Wildman–Crippen LogP) is 0.986. The first-order valence-corrected chi connectivity index (χ1v) is 5.96. The van der Waals surface area contributed by atoms with Crippen LogP contribution in [0.4, 0.5) is 0 Å². The number of rotatable bonds is 8. The molecule has 0 saturated heterocycles. The van der Waals surface area contributed by atoms with Crippen molar-refractivity contribution in [1.82, 2.24) is 14.9 Å². The van der Waals surface area contributed by atoms with E-state index in [-0.39, 0.29) is 12.5 Å². The molecule has 0 radical (unpaired) electrons. The maximum absolute atomic E-state index is 10.6. The average molecular weight is 253 g/mol. The van der Waals surface area contributed by atoms with Crippen LogP contribution in [0.5, 0.6) is 0 Å². The fourth-order valence-corrected chi connectivity index (χ4v) is 1.85. The number of amides is 1. The molecule has 0 fully saturated rings. The van der Waals surface area contributed by atoms with Gasteiger partial charge in [0, 0.05) is 36.8 Å². The van der Waals surface area contributed by atoms with Crippen molar-refractivity contribution >= 4 is 12.4 Å². The molecule has 1 aromatic heterocycles. The second kappa shape index (κ2) is 6.78. The summed E-state index contributed by atoms with van der Waals surface area (Å²) in [7, 11) is 0. The molecule has 0 aliphatic heterocycles. The monoisotopic (exact) mass is 253 g/mol. The molecule has 0 aliphatic rings. The number of hydrogen-bond donors (Lipinski definition) is 2. The summed E-state index contributed by atoms with van der Waals surface area (Å²) in [6.07, 6.45) is 5.15. The molecule has 0 spiro atoms. The highest BCUT2D eigenvalue weighted by Crippen LogP contribution is 2.12. The quantitative estimate of drug-likeness (QED) is 0.676. The number of hydrogen-bond acceptors (Lipinski definition) is 3. The molecule has 18 heavy (non-hydrogen) atoms. The van der Waals surface area contributed by atoms with Crippen LogP contribution in [0.2, 0.25) is 0 Å². The first-order chi connectivity index (χ1) is 8.54. The van der Waals surface area contributed by atoms with Crippen LogP contribution in [0.15, 0.2) is 12.5 Å². The molecule has 1 amide bonds. The van der Waals surface area contributed by atoms with Crippen molar-refractivity contribution in [3.05, 3.63) is 18.2 Å². The number of nitrogens with zero attached hydrogens (tertiary/aromatic N) is 2.